The molecule has 1 aliphatic heterocycles. The monoisotopic (exact) mass is 401 g/mol. The van der Waals surface area contributed by atoms with Gasteiger partial charge in [-0.3, -0.25) is 9.69 Å². The third kappa shape index (κ3) is 5.59. The van der Waals surface area contributed by atoms with Crippen LogP contribution in [0, 0.1) is 0 Å². The number of anilines is 1. The van der Waals surface area contributed by atoms with Gasteiger partial charge in [0.25, 0.3) is 0 Å². The summed E-state index contributed by atoms with van der Waals surface area (Å²) in [4.78, 5) is 38.8. The van der Waals surface area contributed by atoms with Gasteiger partial charge in [0.2, 0.25) is 5.91 Å². The molecule has 1 unspecified atom stereocenters. The molecule has 0 bridgehead atoms. The van der Waals surface area contributed by atoms with Gasteiger partial charge in [-0.1, -0.05) is 26.0 Å². The Kier molecular flexibility index (Phi) is 7.82. The standard InChI is InChI=1S/C22H31N3O4/c1-6-8-18(26)23-17-11-9-16(10-12-17)20-19(21(27)29-14(3)4)15(5)25(13-7-2)22(28)24-20/h9-12,14,20H,6-8,13H2,1-5H3,(H,23,26)(H,24,28). The molecular weight excluding hydrogens is 370 g/mol. The second-order valence-electron chi connectivity index (χ2n) is 7.41. The Morgan fingerprint density at radius 3 is 2.38 bits per heavy atom. The Hall–Kier alpha value is -2.83. The van der Waals surface area contributed by atoms with Crippen LogP contribution < -0.4 is 10.6 Å². The molecule has 158 valence electrons. The van der Waals surface area contributed by atoms with Crippen LogP contribution in [0.25, 0.3) is 0 Å². The Bertz CT molecular complexity index is 784. The van der Waals surface area contributed by atoms with Gasteiger partial charge in [-0.25, -0.2) is 9.59 Å². The third-order valence-electron chi connectivity index (χ3n) is 4.61. The Labute approximate surface area is 172 Å². The first-order valence-electron chi connectivity index (χ1n) is 10.2. The lowest BCUT2D eigenvalue weighted by Gasteiger charge is -2.35. The number of urea groups is 1. The number of hydrogen-bond acceptors (Lipinski definition) is 4. The van der Waals surface area contributed by atoms with E-state index in [0.717, 1.165) is 18.4 Å². The topological polar surface area (TPSA) is 87.7 Å². The van der Waals surface area contributed by atoms with Gasteiger partial charge in [-0.05, 0) is 51.3 Å². The number of carbonyl (C=O) groups excluding carboxylic acids is 3. The molecule has 2 N–H and O–H groups in total. The van der Waals surface area contributed by atoms with Crippen LogP contribution in [-0.4, -0.2) is 35.5 Å². The second-order valence-corrected chi connectivity index (χ2v) is 7.41. The average molecular weight is 402 g/mol. The van der Waals surface area contributed by atoms with E-state index in [-0.39, 0.29) is 18.0 Å². The Balaban J connectivity index is 2.36. The summed E-state index contributed by atoms with van der Waals surface area (Å²) in [5, 5.41) is 5.76. The SMILES string of the molecule is CCCC(=O)Nc1ccc(C2NC(=O)N(CCC)C(C)=C2C(=O)OC(C)C)cc1. The van der Waals surface area contributed by atoms with Crippen LogP contribution in [0.15, 0.2) is 35.5 Å². The van der Waals surface area contributed by atoms with Crippen LogP contribution in [0.5, 0.6) is 0 Å². The molecule has 1 aromatic carbocycles. The lowest BCUT2D eigenvalue weighted by molar-refractivity contribution is -0.143. The molecule has 0 saturated heterocycles. The largest absolute Gasteiger partial charge is 0.459 e. The number of nitrogens with one attached hydrogen (secondary N) is 2. The van der Waals surface area contributed by atoms with E-state index in [1.807, 2.05) is 13.8 Å². The smallest absolute Gasteiger partial charge is 0.338 e. The summed E-state index contributed by atoms with van der Waals surface area (Å²) in [6, 6.07) is 6.30. The summed E-state index contributed by atoms with van der Waals surface area (Å²) in [5.41, 5.74) is 2.45. The van der Waals surface area contributed by atoms with Crippen molar-refractivity contribution in [1.29, 1.82) is 0 Å². The zero-order valence-electron chi connectivity index (χ0n) is 17.9. The summed E-state index contributed by atoms with van der Waals surface area (Å²) >= 11 is 0. The molecule has 0 saturated carbocycles. The van der Waals surface area contributed by atoms with E-state index in [0.29, 0.717) is 29.9 Å². The molecule has 7 nitrogen and oxygen atoms in total. The van der Waals surface area contributed by atoms with Gasteiger partial charge in [0, 0.05) is 24.4 Å². The first kappa shape index (κ1) is 22.5. The minimum Gasteiger partial charge on any atom is -0.459 e. The average Bonchev–Trinajstić information content (AvgIpc) is 2.64. The summed E-state index contributed by atoms with van der Waals surface area (Å²) < 4.78 is 5.45. The Morgan fingerprint density at radius 2 is 1.83 bits per heavy atom. The zero-order valence-corrected chi connectivity index (χ0v) is 17.9. The van der Waals surface area contributed by atoms with Crippen LogP contribution in [0.4, 0.5) is 10.5 Å². The molecule has 1 atom stereocenters. The lowest BCUT2D eigenvalue weighted by Crippen LogP contribution is -2.48. The predicted octanol–water partition coefficient (Wildman–Crippen LogP) is 4.13. The molecule has 3 amide bonds. The number of ether oxygens (including phenoxy) is 1. The van der Waals surface area contributed by atoms with E-state index < -0.39 is 12.0 Å². The minimum absolute atomic E-state index is 0.0432. The van der Waals surface area contributed by atoms with E-state index in [4.69, 9.17) is 4.74 Å². The molecule has 2 rings (SSSR count). The van der Waals surface area contributed by atoms with E-state index in [9.17, 15) is 14.4 Å². The van der Waals surface area contributed by atoms with Crippen molar-refractivity contribution in [2.24, 2.45) is 0 Å². The highest BCUT2D eigenvalue weighted by Gasteiger charge is 2.36. The number of esters is 1. The normalized spacial score (nSPS) is 16.7. The molecular formula is C22H31N3O4. The molecule has 0 spiro atoms. The molecule has 1 heterocycles. The lowest BCUT2D eigenvalue weighted by atomic mass is 9.94. The fraction of sp³-hybridized carbons (Fsp3) is 0.500. The first-order chi connectivity index (χ1) is 13.8. The van der Waals surface area contributed by atoms with Crippen molar-refractivity contribution >= 4 is 23.6 Å². The number of carbonyl (C=O) groups is 3. The molecule has 0 radical (unpaired) electrons. The van der Waals surface area contributed by atoms with Gasteiger partial charge >= 0.3 is 12.0 Å². The van der Waals surface area contributed by atoms with Gasteiger partial charge in [-0.15, -0.1) is 0 Å². The number of hydrogen-bond donors (Lipinski definition) is 2. The molecule has 0 aromatic heterocycles. The number of nitrogens with zero attached hydrogens (tertiary/aromatic N) is 1. The van der Waals surface area contributed by atoms with E-state index >= 15 is 0 Å². The quantitative estimate of drug-likeness (QED) is 0.641. The maximum Gasteiger partial charge on any atom is 0.338 e. The van der Waals surface area contributed by atoms with Gasteiger partial charge in [0.05, 0.1) is 17.7 Å². The Morgan fingerprint density at radius 1 is 1.17 bits per heavy atom. The van der Waals surface area contributed by atoms with Crippen molar-refractivity contribution in [1.82, 2.24) is 10.2 Å². The fourth-order valence-corrected chi connectivity index (χ4v) is 3.28. The highest BCUT2D eigenvalue weighted by molar-refractivity contribution is 5.95. The number of rotatable bonds is 8. The van der Waals surface area contributed by atoms with Gasteiger partial charge in [0.1, 0.15) is 0 Å². The molecule has 1 aliphatic rings. The molecule has 0 fully saturated rings. The van der Waals surface area contributed by atoms with Crippen molar-refractivity contribution < 1.29 is 19.1 Å². The molecule has 0 aliphatic carbocycles. The maximum absolute atomic E-state index is 12.8. The summed E-state index contributed by atoms with van der Waals surface area (Å²) in [5.74, 6) is -0.484. The van der Waals surface area contributed by atoms with Gasteiger partial charge in [-0.2, -0.15) is 0 Å². The van der Waals surface area contributed by atoms with Crippen LogP contribution in [0.3, 0.4) is 0 Å². The predicted molar refractivity (Wildman–Crippen MR) is 112 cm³/mol. The van der Waals surface area contributed by atoms with Crippen molar-refractivity contribution in [3.8, 4) is 0 Å². The maximum atomic E-state index is 12.8. The first-order valence-corrected chi connectivity index (χ1v) is 10.2. The number of allylic oxidation sites excluding steroid dienone is 1. The fourth-order valence-electron chi connectivity index (χ4n) is 3.28. The minimum atomic E-state index is -0.609. The van der Waals surface area contributed by atoms with E-state index in [1.54, 1.807) is 49.9 Å². The third-order valence-corrected chi connectivity index (χ3v) is 4.61. The van der Waals surface area contributed by atoms with Crippen molar-refractivity contribution in [2.75, 3.05) is 11.9 Å². The van der Waals surface area contributed by atoms with Crippen molar-refractivity contribution in [2.45, 2.75) is 66.0 Å². The van der Waals surface area contributed by atoms with E-state index in [1.165, 1.54) is 0 Å². The summed E-state index contributed by atoms with van der Waals surface area (Å²) in [6.07, 6.45) is 1.74. The highest BCUT2D eigenvalue weighted by Crippen LogP contribution is 2.32. The van der Waals surface area contributed by atoms with Gasteiger partial charge < -0.3 is 15.4 Å². The van der Waals surface area contributed by atoms with Crippen LogP contribution >= 0.6 is 0 Å². The second kappa shape index (κ2) is 10.1. The molecule has 29 heavy (non-hydrogen) atoms. The van der Waals surface area contributed by atoms with Gasteiger partial charge in [0.15, 0.2) is 0 Å². The molecule has 7 heteroatoms. The van der Waals surface area contributed by atoms with Crippen molar-refractivity contribution in [3.63, 3.8) is 0 Å². The van der Waals surface area contributed by atoms with Crippen LogP contribution in [0.1, 0.15) is 65.5 Å². The van der Waals surface area contributed by atoms with Crippen molar-refractivity contribution in [3.05, 3.63) is 41.1 Å². The highest BCUT2D eigenvalue weighted by atomic mass is 16.5. The molecule has 1 aromatic rings. The zero-order chi connectivity index (χ0) is 21.6. The van der Waals surface area contributed by atoms with Crippen LogP contribution in [0.2, 0.25) is 0 Å². The van der Waals surface area contributed by atoms with Crippen LogP contribution in [-0.2, 0) is 14.3 Å². The van der Waals surface area contributed by atoms with E-state index in [2.05, 4.69) is 10.6 Å². The number of amides is 3. The summed E-state index contributed by atoms with van der Waals surface area (Å²) in [6.45, 7) is 9.81. The summed E-state index contributed by atoms with van der Waals surface area (Å²) in [7, 11) is 0. The number of benzene rings is 1.